The summed E-state index contributed by atoms with van der Waals surface area (Å²) in [5.41, 5.74) is 6.21. The number of rotatable bonds is 5. The number of hydrogen-bond acceptors (Lipinski definition) is 4. The van der Waals surface area contributed by atoms with Crippen LogP contribution in [0.5, 0.6) is 0 Å². The van der Waals surface area contributed by atoms with Crippen LogP contribution in [0.4, 0.5) is 4.79 Å². The molecule has 0 bridgehead atoms. The SMILES string of the molecule is NC(=O)NC(=O)CNC1CCN(Cc2ccccc2)CC1. The van der Waals surface area contributed by atoms with Crippen molar-refractivity contribution in [2.75, 3.05) is 19.6 Å². The summed E-state index contributed by atoms with van der Waals surface area (Å²) in [5.74, 6) is -0.380. The zero-order chi connectivity index (χ0) is 15.1. The molecule has 0 atom stereocenters. The second-order valence-corrected chi connectivity index (χ2v) is 5.33. The van der Waals surface area contributed by atoms with Gasteiger partial charge in [-0.05, 0) is 31.5 Å². The first-order valence-electron chi connectivity index (χ1n) is 7.22. The van der Waals surface area contributed by atoms with Gasteiger partial charge >= 0.3 is 6.03 Å². The fourth-order valence-electron chi connectivity index (χ4n) is 2.56. The molecule has 0 saturated carbocycles. The Morgan fingerprint density at radius 1 is 1.19 bits per heavy atom. The zero-order valence-electron chi connectivity index (χ0n) is 12.0. The molecule has 0 unspecified atom stereocenters. The summed E-state index contributed by atoms with van der Waals surface area (Å²) in [6.07, 6.45) is 1.99. The Morgan fingerprint density at radius 3 is 2.48 bits per heavy atom. The van der Waals surface area contributed by atoms with E-state index in [0.29, 0.717) is 6.04 Å². The number of piperidine rings is 1. The van der Waals surface area contributed by atoms with Crippen LogP contribution in [-0.4, -0.2) is 42.5 Å². The summed E-state index contributed by atoms with van der Waals surface area (Å²) >= 11 is 0. The van der Waals surface area contributed by atoms with Gasteiger partial charge in [-0.1, -0.05) is 30.3 Å². The van der Waals surface area contributed by atoms with Crippen molar-refractivity contribution >= 4 is 11.9 Å². The maximum absolute atomic E-state index is 11.3. The Bertz CT molecular complexity index is 470. The van der Waals surface area contributed by atoms with Crippen LogP contribution in [-0.2, 0) is 11.3 Å². The second kappa shape index (κ2) is 7.75. The number of primary amides is 1. The number of nitrogens with two attached hydrogens (primary N) is 1. The molecule has 6 nitrogen and oxygen atoms in total. The van der Waals surface area contributed by atoms with Crippen LogP contribution in [0.15, 0.2) is 30.3 Å². The highest BCUT2D eigenvalue weighted by Crippen LogP contribution is 2.13. The van der Waals surface area contributed by atoms with E-state index >= 15 is 0 Å². The van der Waals surface area contributed by atoms with Gasteiger partial charge in [-0.25, -0.2) is 4.79 Å². The van der Waals surface area contributed by atoms with Gasteiger partial charge in [-0.15, -0.1) is 0 Å². The normalized spacial score (nSPS) is 16.6. The third kappa shape index (κ3) is 5.53. The molecule has 6 heteroatoms. The minimum Gasteiger partial charge on any atom is -0.351 e. The molecule has 21 heavy (non-hydrogen) atoms. The Balaban J connectivity index is 1.66. The lowest BCUT2D eigenvalue weighted by Gasteiger charge is -2.32. The van der Waals surface area contributed by atoms with Crippen molar-refractivity contribution < 1.29 is 9.59 Å². The number of imide groups is 1. The number of carbonyl (C=O) groups is 2. The Kier molecular flexibility index (Phi) is 5.71. The van der Waals surface area contributed by atoms with Gasteiger partial charge in [-0.3, -0.25) is 15.0 Å². The smallest absolute Gasteiger partial charge is 0.318 e. The van der Waals surface area contributed by atoms with Crippen LogP contribution >= 0.6 is 0 Å². The number of hydrogen-bond donors (Lipinski definition) is 3. The Morgan fingerprint density at radius 2 is 1.86 bits per heavy atom. The van der Waals surface area contributed by atoms with E-state index in [1.807, 2.05) is 6.07 Å². The maximum Gasteiger partial charge on any atom is 0.318 e. The summed E-state index contributed by atoms with van der Waals surface area (Å²) in [5, 5.41) is 5.22. The molecule has 0 radical (unpaired) electrons. The van der Waals surface area contributed by atoms with Crippen molar-refractivity contribution in [2.45, 2.75) is 25.4 Å². The molecule has 1 fully saturated rings. The van der Waals surface area contributed by atoms with Crippen LogP contribution in [0.2, 0.25) is 0 Å². The van der Waals surface area contributed by atoms with Gasteiger partial charge in [0, 0.05) is 12.6 Å². The predicted molar refractivity (Wildman–Crippen MR) is 80.5 cm³/mol. The average molecular weight is 290 g/mol. The molecular weight excluding hydrogens is 268 g/mol. The molecule has 1 aromatic rings. The summed E-state index contributed by atoms with van der Waals surface area (Å²) in [7, 11) is 0. The molecule has 1 aliphatic heterocycles. The van der Waals surface area contributed by atoms with Crippen LogP contribution in [0, 0.1) is 0 Å². The van der Waals surface area contributed by atoms with Crippen LogP contribution in [0.25, 0.3) is 0 Å². The number of likely N-dealkylation sites (tertiary alicyclic amines) is 1. The van der Waals surface area contributed by atoms with Gasteiger partial charge in [0.05, 0.1) is 6.54 Å². The molecule has 0 aromatic heterocycles. The lowest BCUT2D eigenvalue weighted by molar-refractivity contribution is -0.119. The first-order valence-corrected chi connectivity index (χ1v) is 7.22. The quantitative estimate of drug-likeness (QED) is 0.734. The van der Waals surface area contributed by atoms with Crippen LogP contribution < -0.4 is 16.4 Å². The fourth-order valence-corrected chi connectivity index (χ4v) is 2.56. The lowest BCUT2D eigenvalue weighted by Crippen LogP contribution is -2.47. The molecule has 3 amide bonds. The van der Waals surface area contributed by atoms with Gasteiger partial charge < -0.3 is 11.1 Å². The number of nitrogens with one attached hydrogen (secondary N) is 2. The van der Waals surface area contributed by atoms with Crippen molar-refractivity contribution in [1.29, 1.82) is 0 Å². The summed E-state index contributed by atoms with van der Waals surface area (Å²) in [6, 6.07) is 9.92. The molecule has 0 spiro atoms. The van der Waals surface area contributed by atoms with Crippen molar-refractivity contribution in [3.05, 3.63) is 35.9 Å². The van der Waals surface area contributed by atoms with Crippen LogP contribution in [0.1, 0.15) is 18.4 Å². The standard InChI is InChI=1S/C15H22N4O2/c16-15(21)18-14(20)10-17-13-6-8-19(9-7-13)11-12-4-2-1-3-5-12/h1-5,13,17H,6-11H2,(H3,16,18,20,21). The molecule has 0 aliphatic carbocycles. The van der Waals surface area contributed by atoms with Crippen molar-refractivity contribution in [1.82, 2.24) is 15.5 Å². The molecule has 1 saturated heterocycles. The molecule has 1 heterocycles. The monoisotopic (exact) mass is 290 g/mol. The second-order valence-electron chi connectivity index (χ2n) is 5.33. The van der Waals surface area contributed by atoms with Gasteiger partial charge in [0.1, 0.15) is 0 Å². The Labute approximate surface area is 124 Å². The third-order valence-electron chi connectivity index (χ3n) is 3.65. The summed E-state index contributed by atoms with van der Waals surface area (Å²) < 4.78 is 0. The number of benzene rings is 1. The number of amides is 3. The van der Waals surface area contributed by atoms with Gasteiger partial charge in [0.25, 0.3) is 0 Å². The summed E-state index contributed by atoms with van der Waals surface area (Å²) in [4.78, 5) is 24.3. The van der Waals surface area contributed by atoms with E-state index in [-0.39, 0.29) is 12.5 Å². The predicted octanol–water partition coefficient (Wildman–Crippen LogP) is 0.436. The average Bonchev–Trinajstić information content (AvgIpc) is 2.47. The van der Waals surface area contributed by atoms with Crippen molar-refractivity contribution in [3.8, 4) is 0 Å². The van der Waals surface area contributed by atoms with E-state index in [0.717, 1.165) is 32.5 Å². The topological polar surface area (TPSA) is 87.5 Å². The van der Waals surface area contributed by atoms with Gasteiger partial charge in [0.2, 0.25) is 5.91 Å². The number of carbonyl (C=O) groups excluding carboxylic acids is 2. The fraction of sp³-hybridized carbons (Fsp3) is 0.467. The van der Waals surface area contributed by atoms with E-state index in [1.165, 1.54) is 5.56 Å². The molecule has 1 aliphatic rings. The molecule has 2 rings (SSSR count). The zero-order valence-corrected chi connectivity index (χ0v) is 12.0. The van der Waals surface area contributed by atoms with Crippen LogP contribution in [0.3, 0.4) is 0 Å². The first-order chi connectivity index (χ1) is 10.1. The third-order valence-corrected chi connectivity index (χ3v) is 3.65. The highest BCUT2D eigenvalue weighted by Gasteiger charge is 2.19. The largest absolute Gasteiger partial charge is 0.351 e. The van der Waals surface area contributed by atoms with Gasteiger partial charge in [-0.2, -0.15) is 0 Å². The minimum absolute atomic E-state index is 0.131. The molecular formula is C15H22N4O2. The first kappa shape index (κ1) is 15.5. The van der Waals surface area contributed by atoms with E-state index in [9.17, 15) is 9.59 Å². The lowest BCUT2D eigenvalue weighted by atomic mass is 10.0. The molecule has 1 aromatic carbocycles. The number of nitrogens with zero attached hydrogens (tertiary/aromatic N) is 1. The number of urea groups is 1. The summed E-state index contributed by atoms with van der Waals surface area (Å²) in [6.45, 7) is 3.11. The van der Waals surface area contributed by atoms with Crippen molar-refractivity contribution in [3.63, 3.8) is 0 Å². The minimum atomic E-state index is -0.806. The van der Waals surface area contributed by atoms with Crippen molar-refractivity contribution in [2.24, 2.45) is 5.73 Å². The highest BCUT2D eigenvalue weighted by atomic mass is 16.2. The van der Waals surface area contributed by atoms with Gasteiger partial charge in [0.15, 0.2) is 0 Å². The van der Waals surface area contributed by atoms with E-state index in [4.69, 9.17) is 5.73 Å². The Hall–Kier alpha value is -1.92. The molecule has 114 valence electrons. The van der Waals surface area contributed by atoms with E-state index in [2.05, 4.69) is 39.8 Å². The maximum atomic E-state index is 11.3. The van der Waals surface area contributed by atoms with E-state index in [1.54, 1.807) is 0 Å². The molecule has 4 N–H and O–H groups in total. The highest BCUT2D eigenvalue weighted by molar-refractivity contribution is 5.94. The van der Waals surface area contributed by atoms with E-state index < -0.39 is 6.03 Å².